The molecule has 0 saturated heterocycles. The van der Waals surface area contributed by atoms with Crippen LogP contribution in [0.25, 0.3) is 22.2 Å². The van der Waals surface area contributed by atoms with Crippen molar-refractivity contribution in [1.82, 2.24) is 14.6 Å². The summed E-state index contributed by atoms with van der Waals surface area (Å²) in [4.78, 5) is 22.6. The van der Waals surface area contributed by atoms with Crippen LogP contribution in [0, 0.1) is 0 Å². The minimum Gasteiger partial charge on any atom is -0.494 e. The Morgan fingerprint density at radius 2 is 1.68 bits per heavy atom. The Morgan fingerprint density at radius 1 is 1.00 bits per heavy atom. The van der Waals surface area contributed by atoms with Crippen LogP contribution in [0.3, 0.4) is 0 Å². The van der Waals surface area contributed by atoms with Crippen LogP contribution < -0.4 is 15.8 Å². The molecule has 0 bridgehead atoms. The molecule has 168 valence electrons. The number of nitrogen functional groups attached to an aromatic ring is 1. The molecule has 0 aliphatic heterocycles. The molecule has 0 atom stereocenters. The molecule has 2 heterocycles. The van der Waals surface area contributed by atoms with Gasteiger partial charge in [0.05, 0.1) is 23.9 Å². The maximum atomic E-state index is 13.2. The lowest BCUT2D eigenvalue weighted by Gasteiger charge is -2.05. The Morgan fingerprint density at radius 3 is 2.38 bits per heavy atom. The van der Waals surface area contributed by atoms with Gasteiger partial charge in [0.1, 0.15) is 22.6 Å². The highest BCUT2D eigenvalue weighted by Gasteiger charge is 2.24. The number of hydrogen-bond acceptors (Lipinski definition) is 6. The van der Waals surface area contributed by atoms with Crippen molar-refractivity contribution in [2.45, 2.75) is 6.92 Å². The molecule has 8 heteroatoms. The standard InChI is InChI=1S/C26H22N6O2/c1-2-34-19-14-12-17(13-15-19)16-28-32-24(27)22(26(33)29-18-8-4-3-5-9-18)23-25(32)31-21-11-7-6-10-20(21)30-23/h3-16H,2,27H2,1H3,(H,29,33)/b28-16-. The predicted molar refractivity (Wildman–Crippen MR) is 134 cm³/mol. The fraction of sp³-hybridized carbons (Fsp3) is 0.0769. The maximum Gasteiger partial charge on any atom is 0.261 e. The van der Waals surface area contributed by atoms with E-state index < -0.39 is 0 Å². The number of amides is 1. The lowest BCUT2D eigenvalue weighted by atomic mass is 10.2. The number of nitrogens with one attached hydrogen (secondary N) is 1. The van der Waals surface area contributed by atoms with E-state index in [0.29, 0.717) is 34.5 Å². The summed E-state index contributed by atoms with van der Waals surface area (Å²) in [5, 5.41) is 7.42. The average molecular weight is 451 g/mol. The SMILES string of the molecule is CCOc1ccc(/C=N\n2c(N)c(C(=O)Nc3ccccc3)c3nc4ccccc4nc32)cc1. The molecule has 5 aromatic rings. The summed E-state index contributed by atoms with van der Waals surface area (Å²) in [6, 6.07) is 24.1. The molecule has 34 heavy (non-hydrogen) atoms. The number of nitrogens with two attached hydrogens (primary N) is 1. The number of carbonyl (C=O) groups excluding carboxylic acids is 1. The van der Waals surface area contributed by atoms with Crippen molar-refractivity contribution in [2.24, 2.45) is 5.10 Å². The van der Waals surface area contributed by atoms with E-state index in [9.17, 15) is 4.79 Å². The second-order valence-corrected chi connectivity index (χ2v) is 7.52. The van der Waals surface area contributed by atoms with Gasteiger partial charge in [0.15, 0.2) is 5.65 Å². The smallest absolute Gasteiger partial charge is 0.261 e. The van der Waals surface area contributed by atoms with Crippen molar-refractivity contribution in [2.75, 3.05) is 17.7 Å². The molecule has 0 saturated carbocycles. The fourth-order valence-corrected chi connectivity index (χ4v) is 3.64. The van der Waals surface area contributed by atoms with Crippen LogP contribution in [0.2, 0.25) is 0 Å². The second-order valence-electron chi connectivity index (χ2n) is 7.52. The third-order valence-corrected chi connectivity index (χ3v) is 5.25. The van der Waals surface area contributed by atoms with E-state index >= 15 is 0 Å². The molecule has 3 N–H and O–H groups in total. The van der Waals surface area contributed by atoms with Crippen LogP contribution in [0.5, 0.6) is 5.75 Å². The zero-order valence-corrected chi connectivity index (χ0v) is 18.5. The van der Waals surface area contributed by atoms with Gasteiger partial charge in [-0.3, -0.25) is 4.79 Å². The number of nitrogens with zero attached hydrogens (tertiary/aromatic N) is 4. The van der Waals surface area contributed by atoms with Crippen molar-refractivity contribution in [3.8, 4) is 5.75 Å². The average Bonchev–Trinajstić information content (AvgIpc) is 3.13. The summed E-state index contributed by atoms with van der Waals surface area (Å²) in [5.41, 5.74) is 10.3. The highest BCUT2D eigenvalue weighted by molar-refractivity contribution is 6.16. The number of fused-ring (bicyclic) bond motifs is 2. The van der Waals surface area contributed by atoms with Gasteiger partial charge in [0.25, 0.3) is 5.91 Å². The van der Waals surface area contributed by atoms with Crippen molar-refractivity contribution in [1.29, 1.82) is 0 Å². The fourth-order valence-electron chi connectivity index (χ4n) is 3.64. The molecular weight excluding hydrogens is 428 g/mol. The van der Waals surface area contributed by atoms with Crippen molar-refractivity contribution in [3.05, 3.63) is 90.0 Å². The van der Waals surface area contributed by atoms with E-state index in [1.165, 1.54) is 4.68 Å². The largest absolute Gasteiger partial charge is 0.494 e. The number of benzene rings is 3. The Bertz CT molecular complexity index is 1510. The number of hydrogen-bond donors (Lipinski definition) is 2. The van der Waals surface area contributed by atoms with E-state index in [0.717, 1.165) is 11.3 Å². The number of rotatable bonds is 6. The monoisotopic (exact) mass is 450 g/mol. The first-order chi connectivity index (χ1) is 16.6. The van der Waals surface area contributed by atoms with Crippen LogP contribution in [-0.2, 0) is 0 Å². The van der Waals surface area contributed by atoms with E-state index in [1.54, 1.807) is 18.3 Å². The quantitative estimate of drug-likeness (QED) is 0.365. The number of aromatic nitrogens is 3. The predicted octanol–water partition coefficient (Wildman–Crippen LogP) is 4.70. The van der Waals surface area contributed by atoms with E-state index in [2.05, 4.69) is 10.4 Å². The molecule has 8 nitrogen and oxygen atoms in total. The first-order valence-corrected chi connectivity index (χ1v) is 10.8. The second kappa shape index (κ2) is 9.03. The van der Waals surface area contributed by atoms with Gasteiger partial charge >= 0.3 is 0 Å². The van der Waals surface area contributed by atoms with Crippen molar-refractivity contribution in [3.63, 3.8) is 0 Å². The van der Waals surface area contributed by atoms with Crippen molar-refractivity contribution < 1.29 is 9.53 Å². The van der Waals surface area contributed by atoms with Gasteiger partial charge in [0, 0.05) is 5.69 Å². The highest BCUT2D eigenvalue weighted by Crippen LogP contribution is 2.28. The topological polar surface area (TPSA) is 107 Å². The highest BCUT2D eigenvalue weighted by atomic mass is 16.5. The lowest BCUT2D eigenvalue weighted by Crippen LogP contribution is -2.14. The third kappa shape index (κ3) is 4.04. The van der Waals surface area contributed by atoms with E-state index in [1.807, 2.05) is 73.7 Å². The molecule has 1 amide bonds. The Kier molecular flexibility index (Phi) is 5.61. The third-order valence-electron chi connectivity index (χ3n) is 5.25. The van der Waals surface area contributed by atoms with Gasteiger partial charge < -0.3 is 15.8 Å². The lowest BCUT2D eigenvalue weighted by molar-refractivity contribution is 0.102. The molecule has 0 radical (unpaired) electrons. The summed E-state index contributed by atoms with van der Waals surface area (Å²) < 4.78 is 6.94. The van der Waals surface area contributed by atoms with Gasteiger partial charge in [-0.25, -0.2) is 9.97 Å². The Labute approximate surface area is 195 Å². The molecule has 0 aliphatic rings. The van der Waals surface area contributed by atoms with Crippen LogP contribution >= 0.6 is 0 Å². The van der Waals surface area contributed by atoms with E-state index in [-0.39, 0.29) is 17.3 Å². The minimum atomic E-state index is -0.381. The number of ether oxygens (including phenoxy) is 1. The zero-order valence-electron chi connectivity index (χ0n) is 18.5. The van der Waals surface area contributed by atoms with Crippen LogP contribution in [0.1, 0.15) is 22.8 Å². The number of carbonyl (C=O) groups is 1. The minimum absolute atomic E-state index is 0.154. The molecule has 0 fully saturated rings. The first kappa shape index (κ1) is 21.1. The summed E-state index contributed by atoms with van der Waals surface area (Å²) in [5.74, 6) is 0.553. The van der Waals surface area contributed by atoms with Crippen LogP contribution in [0.4, 0.5) is 11.5 Å². The first-order valence-electron chi connectivity index (χ1n) is 10.8. The summed E-state index contributed by atoms with van der Waals surface area (Å²) in [6.45, 7) is 2.53. The normalized spacial score (nSPS) is 11.3. The number of anilines is 2. The van der Waals surface area contributed by atoms with Crippen LogP contribution in [0.15, 0.2) is 84.0 Å². The van der Waals surface area contributed by atoms with Crippen LogP contribution in [-0.4, -0.2) is 33.4 Å². The Balaban J connectivity index is 1.61. The number of para-hydroxylation sites is 3. The molecular formula is C26H22N6O2. The summed E-state index contributed by atoms with van der Waals surface area (Å²) in [6.07, 6.45) is 1.65. The van der Waals surface area contributed by atoms with Gasteiger partial charge in [-0.2, -0.15) is 9.78 Å². The van der Waals surface area contributed by atoms with Gasteiger partial charge in [0.2, 0.25) is 0 Å². The van der Waals surface area contributed by atoms with Gasteiger partial charge in [-0.15, -0.1) is 0 Å². The van der Waals surface area contributed by atoms with Gasteiger partial charge in [-0.05, 0) is 61.0 Å². The Hall–Kier alpha value is -4.72. The van der Waals surface area contributed by atoms with E-state index in [4.69, 9.17) is 20.4 Å². The molecule has 2 aromatic heterocycles. The maximum absolute atomic E-state index is 13.2. The summed E-state index contributed by atoms with van der Waals surface area (Å²) in [7, 11) is 0. The molecule has 3 aromatic carbocycles. The van der Waals surface area contributed by atoms with Crippen molar-refractivity contribution >= 4 is 45.8 Å². The summed E-state index contributed by atoms with van der Waals surface area (Å²) >= 11 is 0. The zero-order chi connectivity index (χ0) is 23.5. The molecule has 0 spiro atoms. The van der Waals surface area contributed by atoms with Gasteiger partial charge in [-0.1, -0.05) is 30.3 Å². The molecule has 5 rings (SSSR count). The molecule has 0 aliphatic carbocycles. The molecule has 0 unspecified atom stereocenters.